The minimum Gasteiger partial charge on any atom is -0.495 e. The summed E-state index contributed by atoms with van der Waals surface area (Å²) in [7, 11) is 1.54. The molecule has 2 aromatic heterocycles. The Hall–Kier alpha value is -2.85. The van der Waals surface area contributed by atoms with E-state index in [0.29, 0.717) is 26.8 Å². The molecule has 8 nitrogen and oxygen atoms in total. The lowest BCUT2D eigenvalue weighted by Gasteiger charge is -2.17. The van der Waals surface area contributed by atoms with E-state index in [0.717, 1.165) is 43.0 Å². The number of rotatable bonds is 5. The Bertz CT molecular complexity index is 1230. The van der Waals surface area contributed by atoms with E-state index in [1.165, 1.54) is 16.6 Å². The monoisotopic (exact) mass is 458 g/mol. The molecule has 3 aromatic rings. The van der Waals surface area contributed by atoms with Gasteiger partial charge in [-0.2, -0.15) is 0 Å². The summed E-state index contributed by atoms with van der Waals surface area (Å²) in [4.78, 5) is 43.8. The first-order chi connectivity index (χ1) is 14.9. The lowest BCUT2D eigenvalue weighted by atomic mass is 9.97. The van der Waals surface area contributed by atoms with Crippen molar-refractivity contribution in [3.05, 3.63) is 45.1 Å². The van der Waals surface area contributed by atoms with Crippen LogP contribution in [0, 0.1) is 0 Å². The summed E-state index contributed by atoms with van der Waals surface area (Å²) < 4.78 is 6.99. The van der Waals surface area contributed by atoms with Gasteiger partial charge in [0.05, 0.1) is 23.4 Å². The van der Waals surface area contributed by atoms with Crippen molar-refractivity contribution in [2.75, 3.05) is 7.11 Å². The highest BCUT2D eigenvalue weighted by Crippen LogP contribution is 2.36. The number of hydrogen-bond acceptors (Lipinski definition) is 7. The van der Waals surface area contributed by atoms with Crippen LogP contribution in [-0.4, -0.2) is 33.8 Å². The van der Waals surface area contributed by atoms with E-state index in [1.807, 2.05) is 12.1 Å². The number of thioether (sulfide) groups is 1. The van der Waals surface area contributed by atoms with E-state index in [-0.39, 0.29) is 5.56 Å². The zero-order chi connectivity index (χ0) is 22.1. The molecule has 10 heteroatoms. The number of methoxy groups -OCH3 is 1. The molecule has 1 aromatic carbocycles. The Balaban J connectivity index is 1.92. The maximum Gasteiger partial charge on any atom is 0.318 e. The molecule has 162 valence electrons. The number of primary amides is 1. The summed E-state index contributed by atoms with van der Waals surface area (Å²) >= 11 is 2.64. The van der Waals surface area contributed by atoms with Gasteiger partial charge in [0.2, 0.25) is 5.91 Å². The molecule has 1 aliphatic rings. The number of thiophene rings is 1. The van der Waals surface area contributed by atoms with E-state index in [9.17, 15) is 14.4 Å². The number of nitrogens with two attached hydrogens (primary N) is 1. The minimum absolute atomic E-state index is 0.182. The van der Waals surface area contributed by atoms with Crippen LogP contribution in [0.1, 0.15) is 30.2 Å². The van der Waals surface area contributed by atoms with Gasteiger partial charge in [-0.3, -0.25) is 19.5 Å². The number of fused-ring (bicyclic) bond motifs is 3. The molecule has 0 aliphatic heterocycles. The zero-order valence-corrected chi connectivity index (χ0v) is 18.8. The fraction of sp³-hybridized carbons (Fsp3) is 0.333. The van der Waals surface area contributed by atoms with Crippen LogP contribution < -0.4 is 21.3 Å². The molecular weight excluding hydrogens is 436 g/mol. The number of ether oxygens (including phenoxy) is 1. The first-order valence-corrected chi connectivity index (χ1v) is 11.6. The highest BCUT2D eigenvalue weighted by atomic mass is 32.2. The number of carbonyl (C=O) groups excluding carboxylic acids is 2. The number of imide groups is 1. The fourth-order valence-electron chi connectivity index (χ4n) is 3.73. The van der Waals surface area contributed by atoms with Crippen molar-refractivity contribution in [1.29, 1.82) is 0 Å². The van der Waals surface area contributed by atoms with Crippen LogP contribution in [0.4, 0.5) is 4.79 Å². The predicted octanol–water partition coefficient (Wildman–Crippen LogP) is 3.01. The second-order valence-corrected chi connectivity index (χ2v) is 9.60. The minimum atomic E-state index is -0.922. The fourth-order valence-corrected chi connectivity index (χ4v) is 5.95. The molecular formula is C21H22N4O4S2. The number of aromatic nitrogens is 2. The second kappa shape index (κ2) is 8.72. The first-order valence-electron chi connectivity index (χ1n) is 9.88. The number of nitrogens with one attached hydrogen (secondary N) is 1. The molecule has 0 unspecified atom stereocenters. The molecule has 0 spiro atoms. The molecule has 0 saturated carbocycles. The van der Waals surface area contributed by atoms with Gasteiger partial charge in [0.1, 0.15) is 10.6 Å². The largest absolute Gasteiger partial charge is 0.495 e. The third-order valence-corrected chi connectivity index (χ3v) is 7.42. The van der Waals surface area contributed by atoms with Crippen LogP contribution in [0.25, 0.3) is 15.9 Å². The molecule has 0 bridgehead atoms. The molecule has 4 rings (SSSR count). The number of amides is 3. The van der Waals surface area contributed by atoms with Crippen molar-refractivity contribution in [3.63, 3.8) is 0 Å². The van der Waals surface area contributed by atoms with Crippen LogP contribution in [-0.2, 0) is 17.6 Å². The van der Waals surface area contributed by atoms with Crippen LogP contribution in [0.2, 0.25) is 0 Å². The summed E-state index contributed by atoms with van der Waals surface area (Å²) in [5.74, 6) is -0.0326. The Morgan fingerprint density at radius 1 is 1.29 bits per heavy atom. The van der Waals surface area contributed by atoms with Gasteiger partial charge in [0, 0.05) is 4.88 Å². The quantitative estimate of drug-likeness (QED) is 0.448. The average molecular weight is 459 g/mol. The Morgan fingerprint density at radius 3 is 2.77 bits per heavy atom. The van der Waals surface area contributed by atoms with Gasteiger partial charge >= 0.3 is 6.03 Å². The number of carbonyl (C=O) groups is 2. The lowest BCUT2D eigenvalue weighted by molar-refractivity contribution is -0.119. The van der Waals surface area contributed by atoms with Gasteiger partial charge in [-0.15, -0.1) is 11.3 Å². The maximum atomic E-state index is 13.8. The third-order valence-electron chi connectivity index (χ3n) is 5.18. The SMILES string of the molecule is COc1ccccc1-n1c(S[C@@H](C)C(=O)NC(N)=O)nc2sc3c(c2c1=O)CCCC3. The van der Waals surface area contributed by atoms with Crippen LogP contribution in [0.3, 0.4) is 0 Å². The second-order valence-electron chi connectivity index (χ2n) is 7.21. The average Bonchev–Trinajstić information content (AvgIpc) is 3.12. The number of urea groups is 1. The van der Waals surface area contributed by atoms with E-state index in [1.54, 1.807) is 30.4 Å². The molecule has 3 amide bonds. The van der Waals surface area contributed by atoms with Crippen molar-refractivity contribution in [2.45, 2.75) is 43.0 Å². The van der Waals surface area contributed by atoms with Gasteiger partial charge in [0.25, 0.3) is 5.56 Å². The summed E-state index contributed by atoms with van der Waals surface area (Å²) in [5.41, 5.74) is 6.52. The van der Waals surface area contributed by atoms with Crippen molar-refractivity contribution in [2.24, 2.45) is 5.73 Å². The van der Waals surface area contributed by atoms with E-state index in [4.69, 9.17) is 15.5 Å². The Kier molecular flexibility index (Phi) is 6.01. The Labute approximate surface area is 186 Å². The molecule has 0 fully saturated rings. The molecule has 31 heavy (non-hydrogen) atoms. The number of para-hydroxylation sites is 2. The molecule has 3 N–H and O–H groups in total. The normalized spacial score (nSPS) is 14.1. The van der Waals surface area contributed by atoms with Crippen LogP contribution in [0.15, 0.2) is 34.2 Å². The van der Waals surface area contributed by atoms with E-state index in [2.05, 4.69) is 5.32 Å². The summed E-state index contributed by atoms with van der Waals surface area (Å²) in [6.07, 6.45) is 3.96. The number of hydrogen-bond donors (Lipinski definition) is 2. The van der Waals surface area contributed by atoms with Gasteiger partial charge in [-0.25, -0.2) is 9.78 Å². The van der Waals surface area contributed by atoms with Crippen LogP contribution in [0.5, 0.6) is 5.75 Å². The van der Waals surface area contributed by atoms with Crippen molar-refractivity contribution in [1.82, 2.24) is 14.9 Å². The zero-order valence-electron chi connectivity index (χ0n) is 17.1. The lowest BCUT2D eigenvalue weighted by Crippen LogP contribution is -2.39. The summed E-state index contributed by atoms with van der Waals surface area (Å²) in [6.45, 7) is 1.63. The summed E-state index contributed by atoms with van der Waals surface area (Å²) in [6, 6.07) is 6.27. The number of nitrogens with zero attached hydrogens (tertiary/aromatic N) is 2. The van der Waals surface area contributed by atoms with Gasteiger partial charge in [0.15, 0.2) is 5.16 Å². The van der Waals surface area contributed by atoms with Crippen molar-refractivity contribution >= 4 is 45.3 Å². The third kappa shape index (κ3) is 4.05. The summed E-state index contributed by atoms with van der Waals surface area (Å²) in [5, 5.41) is 2.37. The maximum absolute atomic E-state index is 13.8. The molecule has 1 aliphatic carbocycles. The van der Waals surface area contributed by atoms with Gasteiger partial charge in [-0.05, 0) is 50.3 Å². The van der Waals surface area contributed by atoms with Gasteiger partial charge in [-0.1, -0.05) is 23.9 Å². The molecule has 0 radical (unpaired) electrons. The van der Waals surface area contributed by atoms with Gasteiger partial charge < -0.3 is 10.5 Å². The highest BCUT2D eigenvalue weighted by molar-refractivity contribution is 8.00. The Morgan fingerprint density at radius 2 is 2.03 bits per heavy atom. The van der Waals surface area contributed by atoms with Crippen molar-refractivity contribution in [3.8, 4) is 11.4 Å². The van der Waals surface area contributed by atoms with Crippen molar-refractivity contribution < 1.29 is 14.3 Å². The van der Waals surface area contributed by atoms with Crippen LogP contribution >= 0.6 is 23.1 Å². The number of benzene rings is 1. The van der Waals surface area contributed by atoms with E-state index >= 15 is 0 Å². The van der Waals surface area contributed by atoms with E-state index < -0.39 is 17.2 Å². The molecule has 0 saturated heterocycles. The standard InChI is InChI=1S/C21H22N4O4S2/c1-11(17(26)23-20(22)28)30-21-24-18-16(12-7-3-6-10-15(12)31-18)19(27)25(21)13-8-4-5-9-14(13)29-2/h4-5,8-9,11H,3,6-7,10H2,1-2H3,(H3,22,23,26,28)/t11-/m0/s1. The first kappa shape index (κ1) is 21.4. The smallest absolute Gasteiger partial charge is 0.318 e. The highest BCUT2D eigenvalue weighted by Gasteiger charge is 2.26. The number of aryl methyl sites for hydroxylation is 2. The molecule has 2 heterocycles. The molecule has 1 atom stereocenters. The predicted molar refractivity (Wildman–Crippen MR) is 121 cm³/mol. The topological polar surface area (TPSA) is 116 Å².